The van der Waals surface area contributed by atoms with Gasteiger partial charge in [-0.25, -0.2) is 4.98 Å². The van der Waals surface area contributed by atoms with Gasteiger partial charge in [0.25, 0.3) is 5.91 Å². The number of amides is 1. The van der Waals surface area contributed by atoms with Crippen LogP contribution in [0.4, 0.5) is 5.82 Å². The minimum absolute atomic E-state index is 0. The number of carbonyl (C=O) groups is 1. The summed E-state index contributed by atoms with van der Waals surface area (Å²) in [6.07, 6.45) is 1.56. The summed E-state index contributed by atoms with van der Waals surface area (Å²) in [6.45, 7) is 0.480. The second-order valence-corrected chi connectivity index (χ2v) is 3.60. The highest BCUT2D eigenvalue weighted by molar-refractivity contribution is 5.98. The second kappa shape index (κ2) is 6.61. The average molecular weight is 264 g/mol. The molecule has 2 rings (SSSR count). The lowest BCUT2D eigenvalue weighted by atomic mass is 10.2. The van der Waals surface area contributed by atoms with E-state index < -0.39 is 0 Å². The Morgan fingerprint density at radius 2 is 1.89 bits per heavy atom. The molecular formula is C13H14ClN3O. The molecule has 0 spiro atoms. The van der Waals surface area contributed by atoms with E-state index in [0.29, 0.717) is 12.1 Å². The maximum Gasteiger partial charge on any atom is 0.255 e. The number of benzene rings is 1. The van der Waals surface area contributed by atoms with Gasteiger partial charge in [-0.15, -0.1) is 12.4 Å². The van der Waals surface area contributed by atoms with Crippen LogP contribution in [0.2, 0.25) is 0 Å². The van der Waals surface area contributed by atoms with E-state index in [1.165, 1.54) is 0 Å². The lowest BCUT2D eigenvalue weighted by Gasteiger charge is -2.06. The normalized spacial score (nSPS) is 9.33. The number of hydrogen-bond acceptors (Lipinski definition) is 3. The first-order valence-electron chi connectivity index (χ1n) is 5.30. The zero-order valence-corrected chi connectivity index (χ0v) is 10.5. The number of anilines is 1. The van der Waals surface area contributed by atoms with Crippen molar-refractivity contribution in [3.05, 3.63) is 59.8 Å². The second-order valence-electron chi connectivity index (χ2n) is 3.60. The summed E-state index contributed by atoms with van der Waals surface area (Å²) in [5.41, 5.74) is 7.07. The van der Waals surface area contributed by atoms with Crippen LogP contribution in [0.25, 0.3) is 0 Å². The molecule has 1 amide bonds. The molecule has 94 valence electrons. The quantitative estimate of drug-likeness (QED) is 0.890. The molecule has 0 fully saturated rings. The summed E-state index contributed by atoms with van der Waals surface area (Å²) in [5, 5.41) is 2.80. The summed E-state index contributed by atoms with van der Waals surface area (Å²) < 4.78 is 0. The van der Waals surface area contributed by atoms with Crippen molar-refractivity contribution in [1.82, 2.24) is 10.3 Å². The van der Waals surface area contributed by atoms with Crippen molar-refractivity contribution in [3.63, 3.8) is 0 Å². The molecule has 4 nitrogen and oxygen atoms in total. The first kappa shape index (κ1) is 14.0. The molecule has 1 aromatic heterocycles. The first-order chi connectivity index (χ1) is 8.27. The number of aromatic nitrogens is 1. The fourth-order valence-electron chi connectivity index (χ4n) is 1.48. The fraction of sp³-hybridized carbons (Fsp3) is 0.0769. The topological polar surface area (TPSA) is 68.0 Å². The number of nitrogens with two attached hydrogens (primary N) is 1. The monoisotopic (exact) mass is 263 g/mol. The lowest BCUT2D eigenvalue weighted by Crippen LogP contribution is -2.24. The number of pyridine rings is 1. The number of rotatable bonds is 3. The number of nitrogen functional groups attached to an aromatic ring is 1. The minimum atomic E-state index is -0.209. The Morgan fingerprint density at radius 3 is 2.56 bits per heavy atom. The van der Waals surface area contributed by atoms with Crippen molar-refractivity contribution in [3.8, 4) is 0 Å². The van der Waals surface area contributed by atoms with E-state index >= 15 is 0 Å². The Bertz CT molecular complexity index is 517. The molecule has 1 aromatic carbocycles. The van der Waals surface area contributed by atoms with Crippen molar-refractivity contribution >= 4 is 24.1 Å². The van der Waals surface area contributed by atoms with Gasteiger partial charge in [-0.2, -0.15) is 0 Å². The first-order valence-corrected chi connectivity index (χ1v) is 5.30. The molecule has 2 aromatic rings. The van der Waals surface area contributed by atoms with E-state index in [1.807, 2.05) is 30.3 Å². The highest BCUT2D eigenvalue weighted by Crippen LogP contribution is 2.07. The predicted molar refractivity (Wildman–Crippen MR) is 73.5 cm³/mol. The molecule has 0 atom stereocenters. The number of carbonyl (C=O) groups excluding carboxylic acids is 1. The summed E-state index contributed by atoms with van der Waals surface area (Å²) in [7, 11) is 0. The number of nitrogens with zero attached hydrogens (tertiary/aromatic N) is 1. The van der Waals surface area contributed by atoms with Gasteiger partial charge in [0, 0.05) is 12.7 Å². The highest BCUT2D eigenvalue weighted by Gasteiger charge is 2.08. The van der Waals surface area contributed by atoms with E-state index in [4.69, 9.17) is 5.73 Å². The largest absolute Gasteiger partial charge is 0.383 e. The predicted octanol–water partition coefficient (Wildman–Crippen LogP) is 2.02. The van der Waals surface area contributed by atoms with Crippen LogP contribution in [0.15, 0.2) is 48.7 Å². The Hall–Kier alpha value is -2.07. The van der Waals surface area contributed by atoms with E-state index in [0.717, 1.165) is 5.56 Å². The molecular weight excluding hydrogens is 250 g/mol. The smallest absolute Gasteiger partial charge is 0.255 e. The zero-order valence-electron chi connectivity index (χ0n) is 9.67. The van der Waals surface area contributed by atoms with Gasteiger partial charge in [-0.05, 0) is 17.7 Å². The van der Waals surface area contributed by atoms with Gasteiger partial charge in [-0.3, -0.25) is 4.79 Å². The van der Waals surface area contributed by atoms with Crippen LogP contribution in [0.3, 0.4) is 0 Å². The average Bonchev–Trinajstić information content (AvgIpc) is 2.38. The Labute approximate surface area is 112 Å². The van der Waals surface area contributed by atoms with Gasteiger partial charge in [0.1, 0.15) is 5.82 Å². The summed E-state index contributed by atoms with van der Waals surface area (Å²) >= 11 is 0. The van der Waals surface area contributed by atoms with Crippen molar-refractivity contribution in [2.45, 2.75) is 6.54 Å². The molecule has 0 radical (unpaired) electrons. The molecule has 0 saturated heterocycles. The number of nitrogens with one attached hydrogen (secondary N) is 1. The Kier molecular flexibility index (Phi) is 5.14. The van der Waals surface area contributed by atoms with Crippen LogP contribution in [-0.4, -0.2) is 10.9 Å². The van der Waals surface area contributed by atoms with Crippen molar-refractivity contribution < 1.29 is 4.79 Å². The maximum absolute atomic E-state index is 11.8. The van der Waals surface area contributed by atoms with E-state index in [9.17, 15) is 4.79 Å². The third-order valence-electron chi connectivity index (χ3n) is 2.38. The zero-order chi connectivity index (χ0) is 12.1. The van der Waals surface area contributed by atoms with Gasteiger partial charge in [-0.1, -0.05) is 30.3 Å². The highest BCUT2D eigenvalue weighted by atomic mass is 35.5. The van der Waals surface area contributed by atoms with Crippen LogP contribution < -0.4 is 11.1 Å². The third-order valence-corrected chi connectivity index (χ3v) is 2.38. The number of hydrogen-bond donors (Lipinski definition) is 2. The third kappa shape index (κ3) is 3.46. The van der Waals surface area contributed by atoms with Crippen LogP contribution in [0, 0.1) is 0 Å². The summed E-state index contributed by atoms with van der Waals surface area (Å²) in [5.74, 6) is 0.0394. The van der Waals surface area contributed by atoms with Gasteiger partial charge in [0.2, 0.25) is 0 Å². The molecule has 5 heteroatoms. The Balaban J connectivity index is 0.00000162. The molecule has 0 saturated carbocycles. The van der Waals surface area contributed by atoms with Crippen LogP contribution in [0.5, 0.6) is 0 Å². The molecule has 18 heavy (non-hydrogen) atoms. The summed E-state index contributed by atoms with van der Waals surface area (Å²) in [6, 6.07) is 13.0. The van der Waals surface area contributed by atoms with Gasteiger partial charge < -0.3 is 11.1 Å². The van der Waals surface area contributed by atoms with Crippen LogP contribution >= 0.6 is 12.4 Å². The van der Waals surface area contributed by atoms with E-state index in [1.54, 1.807) is 18.3 Å². The molecule has 0 unspecified atom stereocenters. The lowest BCUT2D eigenvalue weighted by molar-refractivity contribution is 0.0951. The molecule has 3 N–H and O–H groups in total. The molecule has 1 heterocycles. The van der Waals surface area contributed by atoms with Gasteiger partial charge in [0.15, 0.2) is 0 Å². The summed E-state index contributed by atoms with van der Waals surface area (Å²) in [4.78, 5) is 15.7. The molecule has 0 aliphatic carbocycles. The van der Waals surface area contributed by atoms with Crippen LogP contribution in [-0.2, 0) is 6.54 Å². The minimum Gasteiger partial charge on any atom is -0.383 e. The fourth-order valence-corrected chi connectivity index (χ4v) is 1.48. The van der Waals surface area contributed by atoms with Crippen molar-refractivity contribution in [1.29, 1.82) is 0 Å². The van der Waals surface area contributed by atoms with Gasteiger partial charge in [0.05, 0.1) is 5.56 Å². The maximum atomic E-state index is 11.8. The Morgan fingerprint density at radius 1 is 1.17 bits per heavy atom. The number of halogens is 1. The van der Waals surface area contributed by atoms with Gasteiger partial charge >= 0.3 is 0 Å². The molecule has 0 bridgehead atoms. The molecule has 0 aliphatic rings. The van der Waals surface area contributed by atoms with E-state index in [2.05, 4.69) is 10.3 Å². The van der Waals surface area contributed by atoms with Crippen molar-refractivity contribution in [2.75, 3.05) is 5.73 Å². The SMILES string of the molecule is Cl.Nc1ncccc1C(=O)NCc1ccccc1. The molecule has 0 aliphatic heterocycles. The van der Waals surface area contributed by atoms with Crippen molar-refractivity contribution in [2.24, 2.45) is 0 Å². The standard InChI is InChI=1S/C13H13N3O.ClH/c14-12-11(7-4-8-15-12)13(17)16-9-10-5-2-1-3-6-10;/h1-8H,9H2,(H2,14,15)(H,16,17);1H. The van der Waals surface area contributed by atoms with Crippen LogP contribution in [0.1, 0.15) is 15.9 Å². The van der Waals surface area contributed by atoms with E-state index in [-0.39, 0.29) is 24.1 Å².